The number of methoxy groups -OCH3 is 2. The van der Waals surface area contributed by atoms with Crippen LogP contribution in [0.25, 0.3) is 0 Å². The molecule has 4 aromatic carbocycles. The summed E-state index contributed by atoms with van der Waals surface area (Å²) in [4.78, 5) is 29.7. The molecule has 4 rings (SSSR count). The van der Waals surface area contributed by atoms with Gasteiger partial charge in [0.25, 0.3) is 10.0 Å². The van der Waals surface area contributed by atoms with E-state index in [2.05, 4.69) is 21.2 Å². The third-order valence-corrected chi connectivity index (χ3v) is 9.47. The number of amides is 2. The Morgan fingerprint density at radius 2 is 1.43 bits per heavy atom. The zero-order chi connectivity index (χ0) is 33.3. The number of hydrogen-bond acceptors (Lipinski definition) is 6. The van der Waals surface area contributed by atoms with E-state index in [4.69, 9.17) is 9.47 Å². The van der Waals surface area contributed by atoms with Gasteiger partial charge in [-0.1, -0.05) is 76.6 Å². The molecule has 0 aliphatic carbocycles. The van der Waals surface area contributed by atoms with E-state index in [1.807, 2.05) is 68.4 Å². The van der Waals surface area contributed by atoms with Gasteiger partial charge in [-0.2, -0.15) is 0 Å². The molecule has 0 aromatic heterocycles. The lowest BCUT2D eigenvalue weighted by atomic mass is 10.0. The smallest absolute Gasteiger partial charge is 0.264 e. The summed E-state index contributed by atoms with van der Waals surface area (Å²) in [5, 5.41) is 2.96. The third kappa shape index (κ3) is 8.67. The Labute approximate surface area is 279 Å². The summed E-state index contributed by atoms with van der Waals surface area (Å²) in [6.07, 6.45) is 0.229. The molecule has 2 amide bonds. The Hall–Kier alpha value is -4.35. The van der Waals surface area contributed by atoms with Gasteiger partial charge < -0.3 is 19.7 Å². The third-order valence-electron chi connectivity index (χ3n) is 7.21. The van der Waals surface area contributed by atoms with Gasteiger partial charge in [0.1, 0.15) is 12.6 Å². The lowest BCUT2D eigenvalue weighted by Gasteiger charge is -2.34. The molecule has 46 heavy (non-hydrogen) atoms. The van der Waals surface area contributed by atoms with Gasteiger partial charge >= 0.3 is 0 Å². The van der Waals surface area contributed by atoms with Crippen molar-refractivity contribution in [2.45, 2.75) is 43.8 Å². The summed E-state index contributed by atoms with van der Waals surface area (Å²) >= 11 is 3.50. The van der Waals surface area contributed by atoms with Crippen molar-refractivity contribution in [2.75, 3.05) is 25.1 Å². The molecule has 0 saturated carbocycles. The summed E-state index contributed by atoms with van der Waals surface area (Å²) in [5.41, 5.74) is 1.92. The standard InChI is InChI=1S/C35H38BrN3O6S/c1-25(2)37-35(41)31(21-26-12-7-5-8-13-26)38(23-27-14-11-15-28(36)20-27)34(40)24-39(29-16-9-6-10-17-29)46(42,43)30-18-19-32(44-3)33(22-30)45-4/h5-20,22,25,31H,21,23-24H2,1-4H3,(H,37,41). The molecule has 0 spiro atoms. The number of anilines is 1. The maximum absolute atomic E-state index is 14.5. The van der Waals surface area contributed by atoms with Crippen LogP contribution >= 0.6 is 15.9 Å². The molecule has 1 atom stereocenters. The molecule has 0 fully saturated rings. The number of sulfonamides is 1. The van der Waals surface area contributed by atoms with Crippen LogP contribution in [0.2, 0.25) is 0 Å². The highest BCUT2D eigenvalue weighted by Crippen LogP contribution is 2.32. The Morgan fingerprint density at radius 3 is 2.04 bits per heavy atom. The van der Waals surface area contributed by atoms with Crippen molar-refractivity contribution >= 4 is 43.5 Å². The summed E-state index contributed by atoms with van der Waals surface area (Å²) in [5.74, 6) is -0.291. The molecule has 0 saturated heterocycles. The molecule has 1 unspecified atom stereocenters. The number of hydrogen-bond donors (Lipinski definition) is 1. The number of para-hydroxylation sites is 1. The zero-order valence-electron chi connectivity index (χ0n) is 26.2. The van der Waals surface area contributed by atoms with Crippen molar-refractivity contribution in [3.8, 4) is 11.5 Å². The van der Waals surface area contributed by atoms with Crippen molar-refractivity contribution in [3.63, 3.8) is 0 Å². The van der Waals surface area contributed by atoms with Crippen LogP contribution in [-0.4, -0.2) is 58.0 Å². The van der Waals surface area contributed by atoms with Gasteiger partial charge in [0.05, 0.1) is 24.8 Å². The van der Waals surface area contributed by atoms with Gasteiger partial charge in [-0.25, -0.2) is 8.42 Å². The minimum atomic E-state index is -4.30. The second-order valence-electron chi connectivity index (χ2n) is 10.9. The van der Waals surface area contributed by atoms with Gasteiger partial charge in [-0.3, -0.25) is 13.9 Å². The Bertz CT molecular complexity index is 1740. The van der Waals surface area contributed by atoms with Gasteiger partial charge in [-0.05, 0) is 61.4 Å². The van der Waals surface area contributed by atoms with Crippen LogP contribution in [0.4, 0.5) is 5.69 Å². The summed E-state index contributed by atoms with van der Waals surface area (Å²) < 4.78 is 41.1. The van der Waals surface area contributed by atoms with Gasteiger partial charge in [0, 0.05) is 29.5 Å². The highest BCUT2D eigenvalue weighted by Gasteiger charge is 2.35. The number of rotatable bonds is 14. The maximum atomic E-state index is 14.5. The number of benzene rings is 4. The molecule has 9 nitrogen and oxygen atoms in total. The predicted molar refractivity (Wildman–Crippen MR) is 182 cm³/mol. The van der Waals surface area contributed by atoms with E-state index in [0.29, 0.717) is 11.4 Å². The molecule has 11 heteroatoms. The Kier molecular flexibility index (Phi) is 11.8. The molecule has 0 bridgehead atoms. The highest BCUT2D eigenvalue weighted by molar-refractivity contribution is 9.10. The van der Waals surface area contributed by atoms with Crippen LogP contribution in [0.15, 0.2) is 112 Å². The molecule has 0 aliphatic heterocycles. The summed E-state index contributed by atoms with van der Waals surface area (Å²) in [7, 11) is -1.42. The second-order valence-corrected chi connectivity index (χ2v) is 13.7. The van der Waals surface area contributed by atoms with E-state index in [1.54, 1.807) is 30.3 Å². The largest absolute Gasteiger partial charge is 0.493 e. The first-order valence-corrected chi connectivity index (χ1v) is 16.9. The molecular weight excluding hydrogens is 670 g/mol. The monoisotopic (exact) mass is 707 g/mol. The van der Waals surface area contributed by atoms with E-state index in [-0.39, 0.29) is 35.6 Å². The van der Waals surface area contributed by atoms with Gasteiger partial charge in [-0.15, -0.1) is 0 Å². The number of carbonyl (C=O) groups is 2. The van der Waals surface area contributed by atoms with Crippen LogP contribution < -0.4 is 19.1 Å². The molecule has 242 valence electrons. The van der Waals surface area contributed by atoms with Crippen molar-refractivity contribution in [2.24, 2.45) is 0 Å². The Balaban J connectivity index is 1.81. The number of halogens is 1. The van der Waals surface area contributed by atoms with Crippen molar-refractivity contribution in [1.29, 1.82) is 0 Å². The molecule has 0 radical (unpaired) electrons. The number of carbonyl (C=O) groups excluding carboxylic acids is 2. The fourth-order valence-electron chi connectivity index (χ4n) is 4.99. The van der Waals surface area contributed by atoms with Crippen LogP contribution in [0, 0.1) is 0 Å². The number of ether oxygens (including phenoxy) is 2. The summed E-state index contributed by atoms with van der Waals surface area (Å²) in [6.45, 7) is 3.21. The first-order chi connectivity index (χ1) is 22.0. The first kappa shape index (κ1) is 34.5. The van der Waals surface area contributed by atoms with E-state index >= 15 is 0 Å². The van der Waals surface area contributed by atoms with E-state index in [1.165, 1.54) is 37.3 Å². The number of nitrogens with zero attached hydrogens (tertiary/aromatic N) is 2. The minimum absolute atomic E-state index is 0.0698. The van der Waals surface area contributed by atoms with Crippen LogP contribution in [0.3, 0.4) is 0 Å². The molecule has 4 aromatic rings. The average Bonchev–Trinajstić information content (AvgIpc) is 3.05. The van der Waals surface area contributed by atoms with Crippen molar-refractivity contribution < 1.29 is 27.5 Å². The van der Waals surface area contributed by atoms with Gasteiger partial charge in [0.2, 0.25) is 11.8 Å². The van der Waals surface area contributed by atoms with Crippen LogP contribution in [-0.2, 0) is 32.6 Å². The first-order valence-electron chi connectivity index (χ1n) is 14.7. The van der Waals surface area contributed by atoms with E-state index in [9.17, 15) is 18.0 Å². The molecular formula is C35H38BrN3O6S. The topological polar surface area (TPSA) is 105 Å². The number of nitrogens with one attached hydrogen (secondary N) is 1. The Morgan fingerprint density at radius 1 is 0.804 bits per heavy atom. The lowest BCUT2D eigenvalue weighted by Crippen LogP contribution is -2.54. The molecule has 0 aliphatic rings. The van der Waals surface area contributed by atoms with Crippen molar-refractivity contribution in [1.82, 2.24) is 10.2 Å². The second kappa shape index (κ2) is 15.8. The van der Waals surface area contributed by atoms with E-state index in [0.717, 1.165) is 19.9 Å². The molecule has 1 N–H and O–H groups in total. The van der Waals surface area contributed by atoms with Crippen LogP contribution in [0.5, 0.6) is 11.5 Å². The fourth-order valence-corrected chi connectivity index (χ4v) is 6.87. The van der Waals surface area contributed by atoms with Crippen LogP contribution in [0.1, 0.15) is 25.0 Å². The highest BCUT2D eigenvalue weighted by atomic mass is 79.9. The average molecular weight is 709 g/mol. The predicted octanol–water partition coefficient (Wildman–Crippen LogP) is 5.83. The lowest BCUT2D eigenvalue weighted by molar-refractivity contribution is -0.140. The van der Waals surface area contributed by atoms with Gasteiger partial charge in [0.15, 0.2) is 11.5 Å². The maximum Gasteiger partial charge on any atom is 0.264 e. The van der Waals surface area contributed by atoms with Crippen molar-refractivity contribution in [3.05, 3.63) is 119 Å². The fraction of sp³-hybridized carbons (Fsp3) is 0.257. The molecule has 0 heterocycles. The minimum Gasteiger partial charge on any atom is -0.493 e. The zero-order valence-corrected chi connectivity index (χ0v) is 28.6. The SMILES string of the molecule is COc1ccc(S(=O)(=O)N(CC(=O)N(Cc2cccc(Br)c2)C(Cc2ccccc2)C(=O)NC(C)C)c2ccccc2)cc1OC. The quantitative estimate of drug-likeness (QED) is 0.177. The normalized spacial score (nSPS) is 11.9. The summed E-state index contributed by atoms with van der Waals surface area (Å²) in [6, 6.07) is 28.4. The van der Waals surface area contributed by atoms with E-state index < -0.39 is 28.5 Å².